The van der Waals surface area contributed by atoms with Crippen molar-refractivity contribution in [3.05, 3.63) is 259 Å². The lowest BCUT2D eigenvalue weighted by Gasteiger charge is -2.31. The molecule has 0 bridgehead atoms. The number of rotatable bonds is 5. The van der Waals surface area contributed by atoms with Gasteiger partial charge < -0.3 is 4.90 Å². The van der Waals surface area contributed by atoms with Crippen LogP contribution in [-0.4, -0.2) is 0 Å². The van der Waals surface area contributed by atoms with E-state index >= 15 is 0 Å². The number of fused-ring (bicyclic) bond motifs is 16. The Balaban J connectivity index is 1.07. The van der Waals surface area contributed by atoms with E-state index in [1.54, 1.807) is 0 Å². The van der Waals surface area contributed by atoms with Gasteiger partial charge in [-0.2, -0.15) is 0 Å². The van der Waals surface area contributed by atoms with Crippen molar-refractivity contribution in [1.82, 2.24) is 0 Å². The highest BCUT2D eigenvalue weighted by atomic mass is 15.1. The van der Waals surface area contributed by atoms with Crippen LogP contribution >= 0.6 is 0 Å². The van der Waals surface area contributed by atoms with Crippen LogP contribution in [0.25, 0.3) is 76.8 Å². The molecule has 0 saturated heterocycles. The molecule has 1 nitrogen and oxygen atoms in total. The monoisotopic (exact) mass is 785 g/mol. The molecule has 288 valence electrons. The van der Waals surface area contributed by atoms with Gasteiger partial charge in [0, 0.05) is 17.1 Å². The molecule has 0 unspecified atom stereocenters. The van der Waals surface area contributed by atoms with Gasteiger partial charge in [-0.05, 0) is 135 Å². The van der Waals surface area contributed by atoms with E-state index in [0.29, 0.717) is 0 Å². The second kappa shape index (κ2) is 13.5. The largest absolute Gasteiger partial charge is 0.310 e. The normalized spacial score (nSPS) is 13.0. The number of nitrogens with zero attached hydrogens (tertiary/aromatic N) is 1. The zero-order valence-electron chi connectivity index (χ0n) is 34.0. The van der Waals surface area contributed by atoms with Gasteiger partial charge in [-0.3, -0.25) is 0 Å². The van der Waals surface area contributed by atoms with Crippen molar-refractivity contribution < 1.29 is 0 Å². The fourth-order valence-corrected chi connectivity index (χ4v) is 11.1. The highest BCUT2D eigenvalue weighted by molar-refractivity contribution is 6.25. The standard InChI is InChI=1S/C61H39N/c1-2-17-40(18-3-1)45-21-4-5-22-46(45)41-19-16-20-42(37-41)62(43-33-35-51-49-25-7-6-23-47(49)48-24-8-9-26-50(48)55(51)38-43)44-34-36-60-56(39-44)54-29-12-15-32-59(54)61(60)57-30-13-10-27-52(57)53-28-11-14-31-58(53)61/h1-39H. The molecule has 0 fully saturated rings. The van der Waals surface area contributed by atoms with E-state index in [1.807, 2.05) is 0 Å². The van der Waals surface area contributed by atoms with Crippen molar-refractivity contribution >= 4 is 49.4 Å². The SMILES string of the molecule is c1ccc(-c2ccccc2-c2cccc(N(c3ccc4c(c3)-c3ccccc3C43c4ccccc4-c4ccccc43)c3ccc4c5ccccc5c5ccccc5c4c3)c2)cc1. The topological polar surface area (TPSA) is 3.24 Å². The minimum atomic E-state index is -0.396. The Morgan fingerprint density at radius 2 is 0.629 bits per heavy atom. The van der Waals surface area contributed by atoms with Gasteiger partial charge >= 0.3 is 0 Å². The average Bonchev–Trinajstić information content (AvgIpc) is 3.82. The molecule has 0 saturated carbocycles. The van der Waals surface area contributed by atoms with Crippen molar-refractivity contribution in [3.63, 3.8) is 0 Å². The molecule has 0 N–H and O–H groups in total. The Morgan fingerprint density at radius 3 is 1.24 bits per heavy atom. The third kappa shape index (κ3) is 4.91. The summed E-state index contributed by atoms with van der Waals surface area (Å²) in [7, 11) is 0. The second-order valence-corrected chi connectivity index (χ2v) is 16.7. The third-order valence-corrected chi connectivity index (χ3v) is 13.7. The number of hydrogen-bond donors (Lipinski definition) is 0. The van der Waals surface area contributed by atoms with E-state index < -0.39 is 5.41 Å². The first-order valence-corrected chi connectivity index (χ1v) is 21.6. The smallest absolute Gasteiger partial charge is 0.0725 e. The van der Waals surface area contributed by atoms with Crippen LogP contribution in [0.5, 0.6) is 0 Å². The minimum Gasteiger partial charge on any atom is -0.310 e. The molecule has 1 heteroatoms. The lowest BCUT2D eigenvalue weighted by molar-refractivity contribution is 0.794. The van der Waals surface area contributed by atoms with Crippen molar-refractivity contribution in [2.75, 3.05) is 4.90 Å². The van der Waals surface area contributed by atoms with Crippen molar-refractivity contribution in [3.8, 4) is 44.5 Å². The summed E-state index contributed by atoms with van der Waals surface area (Å²) >= 11 is 0. The fourth-order valence-electron chi connectivity index (χ4n) is 11.1. The van der Waals surface area contributed by atoms with Gasteiger partial charge in [0.2, 0.25) is 0 Å². The summed E-state index contributed by atoms with van der Waals surface area (Å²) in [5, 5.41) is 7.60. The molecule has 11 aromatic rings. The number of benzene rings is 11. The highest BCUT2D eigenvalue weighted by Crippen LogP contribution is 2.63. The van der Waals surface area contributed by atoms with Gasteiger partial charge in [0.05, 0.1) is 5.41 Å². The van der Waals surface area contributed by atoms with Gasteiger partial charge in [-0.1, -0.05) is 200 Å². The van der Waals surface area contributed by atoms with Crippen LogP contribution in [0.4, 0.5) is 17.1 Å². The average molecular weight is 786 g/mol. The Hall–Kier alpha value is -8.00. The fraction of sp³-hybridized carbons (Fsp3) is 0.0164. The van der Waals surface area contributed by atoms with Gasteiger partial charge in [0.25, 0.3) is 0 Å². The van der Waals surface area contributed by atoms with Gasteiger partial charge in [-0.25, -0.2) is 0 Å². The van der Waals surface area contributed by atoms with Crippen LogP contribution in [-0.2, 0) is 5.41 Å². The molecule has 0 aliphatic heterocycles. The molecule has 0 radical (unpaired) electrons. The maximum atomic E-state index is 2.47. The van der Waals surface area contributed by atoms with Crippen molar-refractivity contribution in [2.24, 2.45) is 0 Å². The lowest BCUT2D eigenvalue weighted by Crippen LogP contribution is -2.25. The highest BCUT2D eigenvalue weighted by Gasteiger charge is 2.51. The zero-order chi connectivity index (χ0) is 40.8. The summed E-state index contributed by atoms with van der Waals surface area (Å²) < 4.78 is 0. The first-order valence-electron chi connectivity index (χ1n) is 21.6. The quantitative estimate of drug-likeness (QED) is 0.157. The second-order valence-electron chi connectivity index (χ2n) is 16.7. The molecular formula is C61H39N. The van der Waals surface area contributed by atoms with E-state index in [-0.39, 0.29) is 0 Å². The summed E-state index contributed by atoms with van der Waals surface area (Å²) in [6, 6.07) is 87.8. The van der Waals surface area contributed by atoms with E-state index in [0.717, 1.165) is 17.1 Å². The van der Waals surface area contributed by atoms with Gasteiger partial charge in [-0.15, -0.1) is 0 Å². The molecule has 1 spiro atoms. The van der Waals surface area contributed by atoms with Crippen LogP contribution in [0.1, 0.15) is 22.3 Å². The van der Waals surface area contributed by atoms with Gasteiger partial charge in [0.1, 0.15) is 0 Å². The summed E-state index contributed by atoms with van der Waals surface area (Å²) in [6.07, 6.45) is 0. The van der Waals surface area contributed by atoms with Crippen molar-refractivity contribution in [1.29, 1.82) is 0 Å². The Kier molecular flexibility index (Phi) is 7.59. The molecule has 0 amide bonds. The first-order chi connectivity index (χ1) is 30.8. The maximum Gasteiger partial charge on any atom is 0.0725 e. The van der Waals surface area contributed by atoms with Crippen LogP contribution < -0.4 is 4.90 Å². The Bertz CT molecular complexity index is 3520. The third-order valence-electron chi connectivity index (χ3n) is 13.7. The van der Waals surface area contributed by atoms with E-state index in [9.17, 15) is 0 Å². The summed E-state index contributed by atoms with van der Waals surface area (Å²) in [4.78, 5) is 2.47. The first kappa shape index (κ1) is 34.8. The van der Waals surface area contributed by atoms with Gasteiger partial charge in [0.15, 0.2) is 0 Å². The predicted octanol–water partition coefficient (Wildman–Crippen LogP) is 16.3. The predicted molar refractivity (Wildman–Crippen MR) is 261 cm³/mol. The summed E-state index contributed by atoms with van der Waals surface area (Å²) in [5.41, 5.74) is 18.4. The summed E-state index contributed by atoms with van der Waals surface area (Å²) in [5.74, 6) is 0. The van der Waals surface area contributed by atoms with E-state index in [4.69, 9.17) is 0 Å². The Morgan fingerprint density at radius 1 is 0.226 bits per heavy atom. The van der Waals surface area contributed by atoms with Crippen LogP contribution in [0.15, 0.2) is 237 Å². The molecule has 11 aromatic carbocycles. The van der Waals surface area contributed by atoms with Crippen LogP contribution in [0.2, 0.25) is 0 Å². The molecule has 2 aliphatic rings. The molecule has 62 heavy (non-hydrogen) atoms. The van der Waals surface area contributed by atoms with E-state index in [1.165, 1.54) is 99.1 Å². The molecule has 2 aliphatic carbocycles. The molecule has 0 atom stereocenters. The minimum absolute atomic E-state index is 0.396. The van der Waals surface area contributed by atoms with Crippen LogP contribution in [0.3, 0.4) is 0 Å². The lowest BCUT2D eigenvalue weighted by atomic mass is 9.70. The molecule has 0 heterocycles. The maximum absolute atomic E-state index is 2.47. The molecular weight excluding hydrogens is 747 g/mol. The van der Waals surface area contributed by atoms with Crippen molar-refractivity contribution in [2.45, 2.75) is 5.41 Å². The summed E-state index contributed by atoms with van der Waals surface area (Å²) in [6.45, 7) is 0. The van der Waals surface area contributed by atoms with Crippen LogP contribution in [0, 0.1) is 0 Å². The number of anilines is 3. The number of hydrogen-bond acceptors (Lipinski definition) is 1. The van der Waals surface area contributed by atoms with E-state index in [2.05, 4.69) is 241 Å². The molecule has 13 rings (SSSR count). The Labute approximate surface area is 361 Å². The molecule has 0 aromatic heterocycles. The zero-order valence-corrected chi connectivity index (χ0v) is 34.0.